The number of piperidine rings is 1. The number of carbonyl (C=O) groups excluding carboxylic acids is 1. The second kappa shape index (κ2) is 10.3. The van der Waals surface area contributed by atoms with Crippen molar-refractivity contribution in [1.29, 1.82) is 0 Å². The molecule has 2 heterocycles. The fraction of sp³-hybridized carbons (Fsp3) is 0.310. The fourth-order valence-corrected chi connectivity index (χ4v) is 4.70. The van der Waals surface area contributed by atoms with Gasteiger partial charge in [0.05, 0.1) is 6.61 Å². The SMILES string of the molecule is CCOc1cc(CN2CCC3(CC2)N=C(c2ccccc2)NC3=O)ccc1OCc1ccccc1. The Morgan fingerprint density at radius 1 is 0.886 bits per heavy atom. The maximum atomic E-state index is 12.8. The van der Waals surface area contributed by atoms with E-state index in [4.69, 9.17) is 14.5 Å². The minimum Gasteiger partial charge on any atom is -0.490 e. The predicted molar refractivity (Wildman–Crippen MR) is 137 cm³/mol. The van der Waals surface area contributed by atoms with Gasteiger partial charge in [0.1, 0.15) is 18.0 Å². The molecule has 0 atom stereocenters. The molecule has 1 amide bonds. The number of amidine groups is 1. The molecule has 0 aliphatic carbocycles. The van der Waals surface area contributed by atoms with Crippen molar-refractivity contribution in [3.05, 3.63) is 95.6 Å². The Hall–Kier alpha value is -3.64. The molecule has 6 nitrogen and oxygen atoms in total. The summed E-state index contributed by atoms with van der Waals surface area (Å²) in [6.45, 7) is 5.49. The van der Waals surface area contributed by atoms with Gasteiger partial charge in [0.15, 0.2) is 11.5 Å². The molecule has 6 heteroatoms. The van der Waals surface area contributed by atoms with E-state index in [1.807, 2.05) is 61.5 Å². The fourth-order valence-electron chi connectivity index (χ4n) is 4.70. The number of ether oxygens (including phenoxy) is 2. The van der Waals surface area contributed by atoms with Gasteiger partial charge in [-0.25, -0.2) is 0 Å². The second-order valence-corrected chi connectivity index (χ2v) is 9.08. The van der Waals surface area contributed by atoms with Gasteiger partial charge in [-0.05, 0) is 43.0 Å². The molecule has 3 aromatic carbocycles. The Morgan fingerprint density at radius 2 is 1.60 bits per heavy atom. The third kappa shape index (κ3) is 5.23. The van der Waals surface area contributed by atoms with Gasteiger partial charge >= 0.3 is 0 Å². The number of nitrogens with one attached hydrogen (secondary N) is 1. The lowest BCUT2D eigenvalue weighted by Gasteiger charge is -2.35. The van der Waals surface area contributed by atoms with Crippen LogP contribution in [0.15, 0.2) is 83.9 Å². The molecule has 1 N–H and O–H groups in total. The summed E-state index contributed by atoms with van der Waals surface area (Å²) in [6.07, 6.45) is 1.43. The number of amides is 1. The van der Waals surface area contributed by atoms with Crippen LogP contribution in [0.4, 0.5) is 0 Å². The molecule has 1 fully saturated rings. The van der Waals surface area contributed by atoms with Gasteiger partial charge in [-0.1, -0.05) is 66.7 Å². The van der Waals surface area contributed by atoms with Crippen LogP contribution in [-0.2, 0) is 17.9 Å². The van der Waals surface area contributed by atoms with E-state index in [1.54, 1.807) is 0 Å². The minimum absolute atomic E-state index is 0.0227. The van der Waals surface area contributed by atoms with E-state index in [0.29, 0.717) is 31.9 Å². The zero-order chi connectivity index (χ0) is 24.1. The molecule has 1 saturated heterocycles. The lowest BCUT2D eigenvalue weighted by Crippen LogP contribution is -2.48. The topological polar surface area (TPSA) is 63.2 Å². The number of benzene rings is 3. The molecule has 0 saturated carbocycles. The van der Waals surface area contributed by atoms with Crippen LogP contribution in [0.5, 0.6) is 11.5 Å². The summed E-state index contributed by atoms with van der Waals surface area (Å²) < 4.78 is 11.9. The molecule has 0 radical (unpaired) electrons. The standard InChI is InChI=1S/C29H31N3O3/c1-2-34-26-19-23(13-14-25(26)35-21-22-9-5-3-6-10-22)20-32-17-15-29(16-18-32)28(33)30-27(31-29)24-11-7-4-8-12-24/h3-14,19H,2,15-18,20-21H2,1H3,(H,30,31,33). The zero-order valence-electron chi connectivity index (χ0n) is 20.1. The first-order valence-electron chi connectivity index (χ1n) is 12.3. The predicted octanol–water partition coefficient (Wildman–Crippen LogP) is 4.58. The van der Waals surface area contributed by atoms with Crippen molar-refractivity contribution in [2.75, 3.05) is 19.7 Å². The Labute approximate surface area is 206 Å². The Bertz CT molecular complexity index is 1190. The van der Waals surface area contributed by atoms with Crippen molar-refractivity contribution < 1.29 is 14.3 Å². The van der Waals surface area contributed by atoms with Gasteiger partial charge < -0.3 is 14.8 Å². The van der Waals surface area contributed by atoms with E-state index in [9.17, 15) is 4.79 Å². The quantitative estimate of drug-likeness (QED) is 0.525. The van der Waals surface area contributed by atoms with E-state index in [0.717, 1.165) is 42.3 Å². The van der Waals surface area contributed by atoms with E-state index in [2.05, 4.69) is 34.5 Å². The first kappa shape index (κ1) is 23.1. The van der Waals surface area contributed by atoms with Gasteiger partial charge in [0.25, 0.3) is 5.91 Å². The van der Waals surface area contributed by atoms with E-state index in [-0.39, 0.29) is 5.91 Å². The third-order valence-corrected chi connectivity index (χ3v) is 6.66. The highest BCUT2D eigenvalue weighted by molar-refractivity contribution is 6.15. The lowest BCUT2D eigenvalue weighted by molar-refractivity contribution is -0.125. The molecule has 1 spiro atoms. The number of likely N-dealkylation sites (tertiary alicyclic amines) is 1. The Kier molecular flexibility index (Phi) is 6.82. The van der Waals surface area contributed by atoms with Gasteiger partial charge in [-0.3, -0.25) is 14.7 Å². The summed E-state index contributed by atoms with van der Waals surface area (Å²) in [6, 6.07) is 26.1. The molecule has 0 bridgehead atoms. The van der Waals surface area contributed by atoms with Crippen LogP contribution in [0.3, 0.4) is 0 Å². The van der Waals surface area contributed by atoms with Crippen molar-refractivity contribution in [3.63, 3.8) is 0 Å². The third-order valence-electron chi connectivity index (χ3n) is 6.66. The summed E-state index contributed by atoms with van der Waals surface area (Å²) in [7, 11) is 0. The minimum atomic E-state index is -0.646. The summed E-state index contributed by atoms with van der Waals surface area (Å²) in [5, 5.41) is 3.01. The number of hydrogen-bond donors (Lipinski definition) is 1. The highest BCUT2D eigenvalue weighted by atomic mass is 16.5. The summed E-state index contributed by atoms with van der Waals surface area (Å²) in [5.41, 5.74) is 2.60. The highest BCUT2D eigenvalue weighted by Crippen LogP contribution is 2.33. The van der Waals surface area contributed by atoms with Crippen molar-refractivity contribution in [2.45, 2.75) is 38.5 Å². The average Bonchev–Trinajstić information content (AvgIpc) is 3.22. The average molecular weight is 470 g/mol. The van der Waals surface area contributed by atoms with E-state index < -0.39 is 5.54 Å². The smallest absolute Gasteiger partial charge is 0.253 e. The molecule has 2 aliphatic heterocycles. The summed E-state index contributed by atoms with van der Waals surface area (Å²) >= 11 is 0. The maximum absolute atomic E-state index is 12.8. The Balaban J connectivity index is 1.22. The van der Waals surface area contributed by atoms with Crippen molar-refractivity contribution in [2.24, 2.45) is 4.99 Å². The number of nitrogens with zero attached hydrogens (tertiary/aromatic N) is 2. The van der Waals surface area contributed by atoms with Gasteiger partial charge in [-0.15, -0.1) is 0 Å². The Morgan fingerprint density at radius 3 is 2.31 bits per heavy atom. The maximum Gasteiger partial charge on any atom is 0.253 e. The monoisotopic (exact) mass is 469 g/mol. The molecule has 0 unspecified atom stereocenters. The molecular weight excluding hydrogens is 438 g/mol. The van der Waals surface area contributed by atoms with Crippen LogP contribution in [0, 0.1) is 0 Å². The molecule has 2 aliphatic rings. The largest absolute Gasteiger partial charge is 0.490 e. The first-order chi connectivity index (χ1) is 17.1. The van der Waals surface area contributed by atoms with Crippen LogP contribution < -0.4 is 14.8 Å². The molecule has 180 valence electrons. The van der Waals surface area contributed by atoms with Crippen LogP contribution in [0.25, 0.3) is 0 Å². The van der Waals surface area contributed by atoms with E-state index >= 15 is 0 Å². The molecule has 5 rings (SSSR count). The van der Waals surface area contributed by atoms with Gasteiger partial charge in [0.2, 0.25) is 0 Å². The molecule has 3 aromatic rings. The van der Waals surface area contributed by atoms with Crippen molar-refractivity contribution in [3.8, 4) is 11.5 Å². The van der Waals surface area contributed by atoms with Crippen LogP contribution in [0.2, 0.25) is 0 Å². The van der Waals surface area contributed by atoms with Gasteiger partial charge in [0, 0.05) is 25.2 Å². The number of carbonyl (C=O) groups is 1. The molecular formula is C29H31N3O3. The van der Waals surface area contributed by atoms with Crippen LogP contribution in [-0.4, -0.2) is 41.9 Å². The van der Waals surface area contributed by atoms with Gasteiger partial charge in [-0.2, -0.15) is 0 Å². The second-order valence-electron chi connectivity index (χ2n) is 9.08. The van der Waals surface area contributed by atoms with E-state index in [1.165, 1.54) is 5.56 Å². The zero-order valence-corrected chi connectivity index (χ0v) is 20.1. The van der Waals surface area contributed by atoms with Crippen molar-refractivity contribution in [1.82, 2.24) is 10.2 Å². The summed E-state index contributed by atoms with van der Waals surface area (Å²) in [5.74, 6) is 2.23. The number of hydrogen-bond acceptors (Lipinski definition) is 5. The lowest BCUT2D eigenvalue weighted by atomic mass is 9.88. The van der Waals surface area contributed by atoms with Crippen LogP contribution in [0.1, 0.15) is 36.5 Å². The first-order valence-corrected chi connectivity index (χ1v) is 12.3. The number of rotatable bonds is 8. The normalized spacial score (nSPS) is 17.2. The summed E-state index contributed by atoms with van der Waals surface area (Å²) in [4.78, 5) is 20.1. The van der Waals surface area contributed by atoms with Crippen molar-refractivity contribution >= 4 is 11.7 Å². The molecule has 0 aromatic heterocycles. The number of aliphatic imine (C=N–C) groups is 1. The van der Waals surface area contributed by atoms with Crippen LogP contribution >= 0.6 is 0 Å². The highest BCUT2D eigenvalue weighted by Gasteiger charge is 2.45. The molecule has 35 heavy (non-hydrogen) atoms.